The maximum atomic E-state index is 4.34. The molecule has 0 unspecified atom stereocenters. The first-order valence-corrected chi connectivity index (χ1v) is 7.14. The Hall–Kier alpha value is -1.39. The number of anilines is 1. The lowest BCUT2D eigenvalue weighted by atomic mass is 10.3. The minimum absolute atomic E-state index is 0.978. The fourth-order valence-corrected chi connectivity index (χ4v) is 2.52. The van der Waals surface area contributed by atoms with Crippen LogP contribution < -0.4 is 5.32 Å². The van der Waals surface area contributed by atoms with Gasteiger partial charge >= 0.3 is 0 Å². The van der Waals surface area contributed by atoms with Gasteiger partial charge in [0.1, 0.15) is 0 Å². The van der Waals surface area contributed by atoms with Gasteiger partial charge in [0.05, 0.1) is 10.2 Å². The van der Waals surface area contributed by atoms with E-state index in [2.05, 4.69) is 32.3 Å². The summed E-state index contributed by atoms with van der Waals surface area (Å²) in [6.07, 6.45) is 0. The lowest BCUT2D eigenvalue weighted by Gasteiger charge is -1.84. The number of para-hydroxylation sites is 1. The van der Waals surface area contributed by atoms with E-state index in [0.717, 1.165) is 15.1 Å². The van der Waals surface area contributed by atoms with E-state index in [-0.39, 0.29) is 0 Å². The molecule has 1 aromatic heterocycles. The average molecular weight is 321 g/mol. The summed E-state index contributed by atoms with van der Waals surface area (Å²) < 4.78 is 2.37. The molecule has 0 radical (unpaired) electrons. The molecule has 0 saturated carbocycles. The van der Waals surface area contributed by atoms with Crippen molar-refractivity contribution in [3.8, 4) is 0 Å². The number of aromatic nitrogens is 1. The lowest BCUT2D eigenvalue weighted by molar-refractivity contribution is 1.41. The number of nitrogens with one attached hydrogen (secondary N) is 1. The molecule has 1 N–H and O–H groups in total. The molecule has 2 nitrogen and oxygen atoms in total. The van der Waals surface area contributed by atoms with Crippen LogP contribution in [0.1, 0.15) is 0 Å². The van der Waals surface area contributed by atoms with Crippen molar-refractivity contribution < 1.29 is 0 Å². The molecule has 0 aliphatic heterocycles. The van der Waals surface area contributed by atoms with Crippen molar-refractivity contribution >= 4 is 42.6 Å². The van der Waals surface area contributed by atoms with Crippen molar-refractivity contribution in [1.29, 1.82) is 0 Å². The summed E-state index contributed by atoms with van der Waals surface area (Å²) in [6, 6.07) is 18.1. The van der Waals surface area contributed by atoms with Gasteiger partial charge in [-0.3, -0.25) is 0 Å². The quantitative estimate of drug-likeness (QED) is 0.697. The van der Waals surface area contributed by atoms with E-state index in [1.54, 1.807) is 11.3 Å². The van der Waals surface area contributed by atoms with E-state index in [9.17, 15) is 0 Å². The maximum absolute atomic E-state index is 4.34. The van der Waals surface area contributed by atoms with Crippen LogP contribution in [0, 0.1) is 0 Å². The van der Waals surface area contributed by atoms with Crippen molar-refractivity contribution in [1.82, 2.24) is 4.98 Å². The summed E-state index contributed by atoms with van der Waals surface area (Å²) >= 11 is 4.99. The third-order valence-electron chi connectivity index (χ3n) is 2.24. The number of benzene rings is 2. The molecular weight excluding hydrogens is 308 g/mol. The molecule has 0 aliphatic carbocycles. The molecule has 4 heteroatoms. The van der Waals surface area contributed by atoms with Crippen molar-refractivity contribution in [2.24, 2.45) is 0 Å². The molecule has 0 saturated heterocycles. The summed E-state index contributed by atoms with van der Waals surface area (Å²) in [7, 11) is 1.89. The first kappa shape index (κ1) is 13.1. The Morgan fingerprint density at radius 2 is 1.67 bits per heavy atom. The maximum Gasteiger partial charge on any atom is 0.183 e. The number of fused-ring (bicyclic) bond motifs is 1. The van der Waals surface area contributed by atoms with Crippen LogP contribution in [-0.2, 0) is 0 Å². The molecule has 92 valence electrons. The summed E-state index contributed by atoms with van der Waals surface area (Å²) in [5.41, 5.74) is 1.07. The van der Waals surface area contributed by atoms with Crippen molar-refractivity contribution in [2.45, 2.75) is 0 Å². The second-order valence-corrected chi connectivity index (χ2v) is 5.48. The van der Waals surface area contributed by atoms with Crippen LogP contribution in [0.4, 0.5) is 5.13 Å². The zero-order chi connectivity index (χ0) is 12.8. The van der Waals surface area contributed by atoms with E-state index >= 15 is 0 Å². The van der Waals surface area contributed by atoms with E-state index < -0.39 is 0 Å². The van der Waals surface area contributed by atoms with Gasteiger partial charge in [-0.1, -0.05) is 57.6 Å². The highest BCUT2D eigenvalue weighted by Gasteiger charge is 1.98. The molecule has 0 fully saturated rings. The Morgan fingerprint density at radius 3 is 2.22 bits per heavy atom. The summed E-state index contributed by atoms with van der Waals surface area (Å²) in [6.45, 7) is 0. The van der Waals surface area contributed by atoms with Crippen LogP contribution in [0.25, 0.3) is 10.2 Å². The van der Waals surface area contributed by atoms with Gasteiger partial charge in [-0.15, -0.1) is 0 Å². The van der Waals surface area contributed by atoms with Crippen molar-refractivity contribution in [3.63, 3.8) is 0 Å². The van der Waals surface area contributed by atoms with Crippen LogP contribution in [-0.4, -0.2) is 12.0 Å². The largest absolute Gasteiger partial charge is 0.365 e. The topological polar surface area (TPSA) is 24.9 Å². The number of hydrogen-bond acceptors (Lipinski definition) is 3. The number of thiazole rings is 1. The van der Waals surface area contributed by atoms with Crippen LogP contribution in [0.5, 0.6) is 0 Å². The third-order valence-corrected chi connectivity index (χ3v) is 3.82. The van der Waals surface area contributed by atoms with Gasteiger partial charge in [-0.25, -0.2) is 4.98 Å². The van der Waals surface area contributed by atoms with Gasteiger partial charge in [0, 0.05) is 11.5 Å². The van der Waals surface area contributed by atoms with Crippen molar-refractivity contribution in [3.05, 3.63) is 59.1 Å². The Bertz CT molecular complexity index is 574. The fraction of sp³-hybridized carbons (Fsp3) is 0.0714. The van der Waals surface area contributed by atoms with Crippen molar-refractivity contribution in [2.75, 3.05) is 12.4 Å². The molecule has 2 aromatic carbocycles. The Balaban J connectivity index is 0.000000149. The molecule has 0 spiro atoms. The normalized spacial score (nSPS) is 9.67. The Morgan fingerprint density at radius 1 is 1.00 bits per heavy atom. The molecule has 0 aliphatic rings. The highest BCUT2D eigenvalue weighted by molar-refractivity contribution is 9.10. The summed E-state index contributed by atoms with van der Waals surface area (Å²) in [5.74, 6) is 0. The highest BCUT2D eigenvalue weighted by atomic mass is 79.9. The first-order valence-electron chi connectivity index (χ1n) is 5.53. The number of rotatable bonds is 1. The molecule has 0 amide bonds. The van der Waals surface area contributed by atoms with Gasteiger partial charge in [0.25, 0.3) is 0 Å². The van der Waals surface area contributed by atoms with E-state index in [1.807, 2.05) is 55.6 Å². The highest BCUT2D eigenvalue weighted by Crippen LogP contribution is 2.24. The average Bonchev–Trinajstić information content (AvgIpc) is 2.83. The second-order valence-electron chi connectivity index (χ2n) is 3.53. The van der Waals surface area contributed by atoms with Crippen LogP contribution in [0.15, 0.2) is 59.1 Å². The number of nitrogens with zero attached hydrogens (tertiary/aromatic N) is 1. The van der Waals surface area contributed by atoms with E-state index in [4.69, 9.17) is 0 Å². The van der Waals surface area contributed by atoms with Gasteiger partial charge in [-0.2, -0.15) is 0 Å². The monoisotopic (exact) mass is 320 g/mol. The van der Waals surface area contributed by atoms with Gasteiger partial charge in [-0.05, 0) is 24.3 Å². The predicted octanol–water partition coefficient (Wildman–Crippen LogP) is 4.79. The predicted molar refractivity (Wildman–Crippen MR) is 83.3 cm³/mol. The van der Waals surface area contributed by atoms with Gasteiger partial charge < -0.3 is 5.32 Å². The first-order chi connectivity index (χ1) is 8.79. The van der Waals surface area contributed by atoms with Gasteiger partial charge in [0.2, 0.25) is 0 Å². The molecule has 0 atom stereocenters. The van der Waals surface area contributed by atoms with E-state index in [0.29, 0.717) is 0 Å². The summed E-state index contributed by atoms with van der Waals surface area (Å²) in [5, 5.41) is 4.00. The molecule has 18 heavy (non-hydrogen) atoms. The fourth-order valence-electron chi connectivity index (χ4n) is 1.39. The molecular formula is C14H13BrN2S. The molecule has 3 aromatic rings. The molecule has 0 bridgehead atoms. The zero-order valence-electron chi connectivity index (χ0n) is 9.93. The Kier molecular flexibility index (Phi) is 4.73. The number of halogens is 1. The van der Waals surface area contributed by atoms with Crippen LogP contribution in [0.2, 0.25) is 0 Å². The minimum Gasteiger partial charge on any atom is -0.365 e. The summed E-state index contributed by atoms with van der Waals surface area (Å²) in [4.78, 5) is 4.34. The minimum atomic E-state index is 0.978. The van der Waals surface area contributed by atoms with Crippen LogP contribution >= 0.6 is 27.3 Å². The number of hydrogen-bond donors (Lipinski definition) is 1. The van der Waals surface area contributed by atoms with Gasteiger partial charge in [0.15, 0.2) is 5.13 Å². The van der Waals surface area contributed by atoms with E-state index in [1.165, 1.54) is 4.70 Å². The lowest BCUT2D eigenvalue weighted by Crippen LogP contribution is -1.83. The van der Waals surface area contributed by atoms with Crippen LogP contribution in [0.3, 0.4) is 0 Å². The molecule has 3 rings (SSSR count). The Labute approximate surface area is 119 Å². The second kappa shape index (κ2) is 6.52. The molecule has 1 heterocycles. The zero-order valence-corrected chi connectivity index (χ0v) is 12.3. The standard InChI is InChI=1S/C8H8N2S.C6H5Br/c1-9-8-10-6-4-2-3-5-7(6)11-8;7-6-4-2-1-3-5-6/h2-5H,1H3,(H,9,10);1-5H. The SMILES string of the molecule is Brc1ccccc1.CNc1nc2ccccc2s1. The third kappa shape index (κ3) is 3.55. The smallest absolute Gasteiger partial charge is 0.183 e.